The molecule has 118 valence electrons. The highest BCUT2D eigenvalue weighted by Crippen LogP contribution is 2.30. The fourth-order valence-electron chi connectivity index (χ4n) is 2.63. The Morgan fingerprint density at radius 2 is 1.71 bits per heavy atom. The third-order valence-electron chi connectivity index (χ3n) is 3.74. The van der Waals surface area contributed by atoms with E-state index >= 15 is 0 Å². The van der Waals surface area contributed by atoms with Crippen molar-refractivity contribution in [2.45, 2.75) is 5.88 Å². The first-order chi connectivity index (χ1) is 11.7. The van der Waals surface area contributed by atoms with Crippen molar-refractivity contribution in [3.63, 3.8) is 0 Å². The van der Waals surface area contributed by atoms with Crippen LogP contribution in [0.25, 0.3) is 11.4 Å². The molecule has 0 fully saturated rings. The van der Waals surface area contributed by atoms with Crippen LogP contribution in [0.5, 0.6) is 0 Å². The zero-order chi connectivity index (χ0) is 16.7. The van der Waals surface area contributed by atoms with Gasteiger partial charge in [-0.1, -0.05) is 29.4 Å². The van der Waals surface area contributed by atoms with Crippen molar-refractivity contribution in [1.82, 2.24) is 10.1 Å². The molecule has 0 atom stereocenters. The summed E-state index contributed by atoms with van der Waals surface area (Å²) >= 11 is 5.66. The predicted molar refractivity (Wildman–Crippen MR) is 86.9 cm³/mol. The Hall–Kier alpha value is -2.99. The number of hydrogen-bond donors (Lipinski definition) is 0. The lowest BCUT2D eigenvalue weighted by Gasteiger charge is -2.14. The number of imide groups is 1. The van der Waals surface area contributed by atoms with Gasteiger partial charge in [-0.2, -0.15) is 4.98 Å². The van der Waals surface area contributed by atoms with Crippen molar-refractivity contribution in [3.8, 4) is 11.4 Å². The van der Waals surface area contributed by atoms with E-state index in [0.717, 1.165) is 4.90 Å². The number of amides is 2. The van der Waals surface area contributed by atoms with Gasteiger partial charge in [-0.15, -0.1) is 11.6 Å². The number of hydrogen-bond acceptors (Lipinski definition) is 5. The second-order valence-corrected chi connectivity index (χ2v) is 5.45. The summed E-state index contributed by atoms with van der Waals surface area (Å²) in [7, 11) is 0. The molecule has 0 saturated heterocycles. The summed E-state index contributed by atoms with van der Waals surface area (Å²) in [6.45, 7) is 0. The summed E-state index contributed by atoms with van der Waals surface area (Å²) in [4.78, 5) is 30.4. The minimum Gasteiger partial charge on any atom is -0.338 e. The van der Waals surface area contributed by atoms with E-state index in [1.54, 1.807) is 48.5 Å². The molecule has 3 aromatic rings. The molecule has 0 unspecified atom stereocenters. The molecule has 2 heterocycles. The van der Waals surface area contributed by atoms with Crippen LogP contribution in [0.4, 0.5) is 5.69 Å². The Bertz CT molecular complexity index is 932. The van der Waals surface area contributed by atoms with Crippen LogP contribution in [0.15, 0.2) is 53.1 Å². The molecule has 0 N–H and O–H groups in total. The van der Waals surface area contributed by atoms with Gasteiger partial charge in [0.25, 0.3) is 11.8 Å². The van der Waals surface area contributed by atoms with Gasteiger partial charge in [0.05, 0.1) is 16.8 Å². The molecule has 6 nitrogen and oxygen atoms in total. The van der Waals surface area contributed by atoms with Crippen molar-refractivity contribution in [2.24, 2.45) is 0 Å². The van der Waals surface area contributed by atoms with Gasteiger partial charge in [0, 0.05) is 5.56 Å². The van der Waals surface area contributed by atoms with E-state index in [-0.39, 0.29) is 17.7 Å². The number of carbonyl (C=O) groups excluding carboxylic acids is 2. The number of benzene rings is 2. The van der Waals surface area contributed by atoms with Gasteiger partial charge in [-0.25, -0.2) is 4.90 Å². The van der Waals surface area contributed by atoms with Crippen LogP contribution < -0.4 is 4.90 Å². The zero-order valence-electron chi connectivity index (χ0n) is 12.3. The Morgan fingerprint density at radius 3 is 2.33 bits per heavy atom. The Kier molecular flexibility index (Phi) is 3.39. The van der Waals surface area contributed by atoms with E-state index in [1.165, 1.54) is 0 Å². The third kappa shape index (κ3) is 2.19. The molecule has 2 amide bonds. The average molecular weight is 340 g/mol. The second-order valence-electron chi connectivity index (χ2n) is 5.19. The van der Waals surface area contributed by atoms with Crippen molar-refractivity contribution < 1.29 is 14.1 Å². The fourth-order valence-corrected chi connectivity index (χ4v) is 2.74. The maximum Gasteiger partial charge on any atom is 0.266 e. The topological polar surface area (TPSA) is 76.3 Å². The van der Waals surface area contributed by atoms with Gasteiger partial charge in [0.1, 0.15) is 5.88 Å². The number of aromatic nitrogens is 2. The first-order valence-corrected chi connectivity index (χ1v) is 7.69. The number of rotatable bonds is 3. The maximum absolute atomic E-state index is 12.5. The first kappa shape index (κ1) is 14.6. The second kappa shape index (κ2) is 5.58. The molecule has 0 aliphatic carbocycles. The fraction of sp³-hybridized carbons (Fsp3) is 0.0588. The van der Waals surface area contributed by atoms with E-state index in [9.17, 15) is 9.59 Å². The van der Waals surface area contributed by atoms with E-state index in [4.69, 9.17) is 16.1 Å². The van der Waals surface area contributed by atoms with E-state index < -0.39 is 0 Å². The standard InChI is InChI=1S/C17H10ClN3O3/c18-9-14-19-15(20-24-14)10-4-3-5-11(8-10)21-16(22)12-6-1-2-7-13(12)17(21)23/h1-8H,9H2. The highest BCUT2D eigenvalue weighted by atomic mass is 35.5. The Morgan fingerprint density at radius 1 is 1.00 bits per heavy atom. The third-order valence-corrected chi connectivity index (χ3v) is 3.97. The molecule has 0 bridgehead atoms. The summed E-state index contributed by atoms with van der Waals surface area (Å²) in [6, 6.07) is 13.6. The molecule has 7 heteroatoms. The molecule has 4 rings (SSSR count). The number of alkyl halides is 1. The molecule has 1 aliphatic rings. The van der Waals surface area contributed by atoms with Crippen molar-refractivity contribution >= 4 is 29.1 Å². The van der Waals surface area contributed by atoms with Crippen LogP contribution in [-0.4, -0.2) is 22.0 Å². The molecular weight excluding hydrogens is 330 g/mol. The molecule has 0 spiro atoms. The molecular formula is C17H10ClN3O3. The van der Waals surface area contributed by atoms with E-state index in [2.05, 4.69) is 10.1 Å². The highest BCUT2D eigenvalue weighted by molar-refractivity contribution is 6.34. The molecule has 1 aliphatic heterocycles. The lowest BCUT2D eigenvalue weighted by atomic mass is 10.1. The average Bonchev–Trinajstić information content (AvgIpc) is 3.20. The Balaban J connectivity index is 1.75. The van der Waals surface area contributed by atoms with Gasteiger partial charge in [-0.05, 0) is 24.3 Å². The number of nitrogens with zero attached hydrogens (tertiary/aromatic N) is 3. The quantitative estimate of drug-likeness (QED) is 0.540. The van der Waals surface area contributed by atoms with Crippen LogP contribution >= 0.6 is 11.6 Å². The normalized spacial score (nSPS) is 13.5. The molecule has 1 aromatic heterocycles. The SMILES string of the molecule is O=C1c2ccccc2C(=O)N1c1cccc(-c2noc(CCl)n2)c1. The van der Waals surface area contributed by atoms with Gasteiger partial charge in [0.15, 0.2) is 0 Å². The number of halogens is 1. The van der Waals surface area contributed by atoms with Crippen molar-refractivity contribution in [3.05, 3.63) is 65.5 Å². The summed E-state index contributed by atoms with van der Waals surface area (Å²) < 4.78 is 4.99. The number of anilines is 1. The summed E-state index contributed by atoms with van der Waals surface area (Å²) in [5.41, 5.74) is 1.88. The summed E-state index contributed by atoms with van der Waals surface area (Å²) in [5.74, 6) is 0.0805. The largest absolute Gasteiger partial charge is 0.338 e. The molecule has 24 heavy (non-hydrogen) atoms. The van der Waals surface area contributed by atoms with E-state index in [1.807, 2.05) is 0 Å². The number of carbonyl (C=O) groups is 2. The van der Waals surface area contributed by atoms with Crippen LogP contribution in [0.3, 0.4) is 0 Å². The monoisotopic (exact) mass is 339 g/mol. The van der Waals surface area contributed by atoms with Crippen LogP contribution in [-0.2, 0) is 5.88 Å². The molecule has 2 aromatic carbocycles. The lowest BCUT2D eigenvalue weighted by Crippen LogP contribution is -2.29. The van der Waals surface area contributed by atoms with Crippen molar-refractivity contribution in [1.29, 1.82) is 0 Å². The number of fused-ring (bicyclic) bond motifs is 1. The van der Waals surface area contributed by atoms with Crippen LogP contribution in [0.1, 0.15) is 26.6 Å². The summed E-state index contributed by atoms with van der Waals surface area (Å²) in [6.07, 6.45) is 0. The highest BCUT2D eigenvalue weighted by Gasteiger charge is 2.36. The van der Waals surface area contributed by atoms with Gasteiger partial charge in [0.2, 0.25) is 11.7 Å². The minimum atomic E-state index is -0.345. The van der Waals surface area contributed by atoms with Gasteiger partial charge < -0.3 is 4.52 Å². The van der Waals surface area contributed by atoms with Gasteiger partial charge in [-0.3, -0.25) is 9.59 Å². The predicted octanol–water partition coefficient (Wildman–Crippen LogP) is 3.28. The zero-order valence-corrected chi connectivity index (χ0v) is 13.0. The van der Waals surface area contributed by atoms with Gasteiger partial charge >= 0.3 is 0 Å². The van der Waals surface area contributed by atoms with E-state index in [0.29, 0.717) is 34.1 Å². The molecule has 0 saturated carbocycles. The smallest absolute Gasteiger partial charge is 0.266 e. The lowest BCUT2D eigenvalue weighted by molar-refractivity contribution is 0.0926. The van der Waals surface area contributed by atoms with Crippen LogP contribution in [0, 0.1) is 0 Å². The van der Waals surface area contributed by atoms with Crippen LogP contribution in [0.2, 0.25) is 0 Å². The maximum atomic E-state index is 12.5. The molecule has 0 radical (unpaired) electrons. The summed E-state index contributed by atoms with van der Waals surface area (Å²) in [5, 5.41) is 3.84. The Labute approximate surface area is 141 Å². The van der Waals surface area contributed by atoms with Crippen molar-refractivity contribution in [2.75, 3.05) is 4.90 Å². The first-order valence-electron chi connectivity index (χ1n) is 7.16. The minimum absolute atomic E-state index is 0.116.